The predicted octanol–water partition coefficient (Wildman–Crippen LogP) is 2.97. The summed E-state index contributed by atoms with van der Waals surface area (Å²) in [5.41, 5.74) is 1.22. The van der Waals surface area contributed by atoms with Crippen molar-refractivity contribution in [1.82, 2.24) is 10.2 Å². The summed E-state index contributed by atoms with van der Waals surface area (Å²) in [4.78, 5) is 16.6. The molecule has 0 atom stereocenters. The second kappa shape index (κ2) is 6.06. The van der Waals surface area contributed by atoms with E-state index in [0.29, 0.717) is 12.1 Å². The first-order chi connectivity index (χ1) is 9.02. The fourth-order valence-corrected chi connectivity index (χ4v) is 3.79. The van der Waals surface area contributed by atoms with Gasteiger partial charge in [-0.15, -0.1) is 11.3 Å². The van der Waals surface area contributed by atoms with Gasteiger partial charge in [-0.25, -0.2) is 0 Å². The van der Waals surface area contributed by atoms with Gasteiger partial charge in [-0.2, -0.15) is 0 Å². The standard InChI is InChI=1S/C15H24N2OS/c1-10-9-14(19-11(10)2)15(18)17(4)13-7-5-12(16-3)6-8-13/h9,12-13,16H,5-8H2,1-4H3. The van der Waals surface area contributed by atoms with E-state index < -0.39 is 0 Å². The van der Waals surface area contributed by atoms with E-state index in [0.717, 1.165) is 17.7 Å². The summed E-state index contributed by atoms with van der Waals surface area (Å²) in [7, 11) is 3.98. The van der Waals surface area contributed by atoms with Gasteiger partial charge < -0.3 is 10.2 Å². The van der Waals surface area contributed by atoms with Crippen LogP contribution >= 0.6 is 11.3 Å². The van der Waals surface area contributed by atoms with Crippen LogP contribution in [0.2, 0.25) is 0 Å². The lowest BCUT2D eigenvalue weighted by Crippen LogP contribution is -2.42. The number of carbonyl (C=O) groups excluding carboxylic acids is 1. The summed E-state index contributed by atoms with van der Waals surface area (Å²) < 4.78 is 0. The maximum atomic E-state index is 12.5. The largest absolute Gasteiger partial charge is 0.338 e. The van der Waals surface area contributed by atoms with Crippen LogP contribution in [0.4, 0.5) is 0 Å². The molecular formula is C15H24N2OS. The summed E-state index contributed by atoms with van der Waals surface area (Å²) >= 11 is 1.62. The molecule has 1 aromatic heterocycles. The quantitative estimate of drug-likeness (QED) is 0.923. The van der Waals surface area contributed by atoms with E-state index >= 15 is 0 Å². The summed E-state index contributed by atoms with van der Waals surface area (Å²) in [5.74, 6) is 0.189. The van der Waals surface area contributed by atoms with E-state index in [1.54, 1.807) is 11.3 Å². The van der Waals surface area contributed by atoms with Crippen LogP contribution in [-0.2, 0) is 0 Å². The van der Waals surface area contributed by atoms with Crippen molar-refractivity contribution in [2.24, 2.45) is 0 Å². The van der Waals surface area contributed by atoms with Gasteiger partial charge in [-0.05, 0) is 58.2 Å². The molecule has 106 valence electrons. The van der Waals surface area contributed by atoms with Crippen LogP contribution in [0.5, 0.6) is 0 Å². The lowest BCUT2D eigenvalue weighted by atomic mass is 9.90. The van der Waals surface area contributed by atoms with Gasteiger partial charge in [-0.3, -0.25) is 4.79 Å². The zero-order valence-electron chi connectivity index (χ0n) is 12.3. The fraction of sp³-hybridized carbons (Fsp3) is 0.667. The number of nitrogens with zero attached hydrogens (tertiary/aromatic N) is 1. The van der Waals surface area contributed by atoms with E-state index in [1.165, 1.54) is 23.3 Å². The van der Waals surface area contributed by atoms with Crippen molar-refractivity contribution < 1.29 is 4.79 Å². The molecule has 1 fully saturated rings. The van der Waals surface area contributed by atoms with Crippen molar-refractivity contribution in [2.45, 2.75) is 51.6 Å². The van der Waals surface area contributed by atoms with Crippen LogP contribution in [0.1, 0.15) is 45.8 Å². The van der Waals surface area contributed by atoms with E-state index in [-0.39, 0.29) is 5.91 Å². The molecule has 1 N–H and O–H groups in total. The molecular weight excluding hydrogens is 256 g/mol. The second-order valence-corrected chi connectivity index (χ2v) is 6.82. The molecule has 0 bridgehead atoms. The Kier molecular flexibility index (Phi) is 4.63. The Morgan fingerprint density at radius 2 is 1.95 bits per heavy atom. The van der Waals surface area contributed by atoms with Crippen molar-refractivity contribution in [2.75, 3.05) is 14.1 Å². The van der Waals surface area contributed by atoms with Crippen LogP contribution in [0.25, 0.3) is 0 Å². The number of nitrogens with one attached hydrogen (secondary N) is 1. The van der Waals surface area contributed by atoms with Gasteiger partial charge >= 0.3 is 0 Å². The van der Waals surface area contributed by atoms with Gasteiger partial charge in [0.15, 0.2) is 0 Å². The first-order valence-corrected chi connectivity index (χ1v) is 7.86. The van der Waals surface area contributed by atoms with Crippen LogP contribution in [0.3, 0.4) is 0 Å². The highest BCUT2D eigenvalue weighted by Gasteiger charge is 2.27. The van der Waals surface area contributed by atoms with Crippen LogP contribution in [-0.4, -0.2) is 37.0 Å². The minimum absolute atomic E-state index is 0.189. The van der Waals surface area contributed by atoms with Crippen molar-refractivity contribution in [3.63, 3.8) is 0 Å². The summed E-state index contributed by atoms with van der Waals surface area (Å²) in [6, 6.07) is 3.06. The lowest BCUT2D eigenvalue weighted by Gasteiger charge is -2.34. The van der Waals surface area contributed by atoms with E-state index in [4.69, 9.17) is 0 Å². The van der Waals surface area contributed by atoms with Gasteiger partial charge in [-0.1, -0.05) is 0 Å². The molecule has 0 saturated heterocycles. The van der Waals surface area contributed by atoms with Crippen molar-refractivity contribution in [3.05, 3.63) is 21.4 Å². The number of aryl methyl sites for hydroxylation is 2. The number of carbonyl (C=O) groups is 1. The average molecular weight is 280 g/mol. The first kappa shape index (κ1) is 14.5. The molecule has 2 rings (SSSR count). The van der Waals surface area contributed by atoms with E-state index in [2.05, 4.69) is 19.2 Å². The first-order valence-electron chi connectivity index (χ1n) is 7.04. The molecule has 3 nitrogen and oxygen atoms in total. The molecule has 4 heteroatoms. The van der Waals surface area contributed by atoms with Gasteiger partial charge in [0.2, 0.25) is 0 Å². The molecule has 0 aromatic carbocycles. The third kappa shape index (κ3) is 3.18. The number of rotatable bonds is 3. The number of hydrogen-bond acceptors (Lipinski definition) is 3. The molecule has 1 amide bonds. The number of amides is 1. The Balaban J connectivity index is 2.00. The minimum Gasteiger partial charge on any atom is -0.338 e. The van der Waals surface area contributed by atoms with Gasteiger partial charge in [0.25, 0.3) is 5.91 Å². The highest BCUT2D eigenvalue weighted by molar-refractivity contribution is 7.14. The molecule has 1 aliphatic carbocycles. The van der Waals surface area contributed by atoms with Crippen molar-refractivity contribution >= 4 is 17.2 Å². The molecule has 1 heterocycles. The smallest absolute Gasteiger partial charge is 0.263 e. The minimum atomic E-state index is 0.189. The summed E-state index contributed by atoms with van der Waals surface area (Å²) in [6.45, 7) is 4.15. The number of thiophene rings is 1. The Morgan fingerprint density at radius 3 is 2.42 bits per heavy atom. The van der Waals surface area contributed by atoms with Crippen LogP contribution in [0, 0.1) is 13.8 Å². The molecule has 1 saturated carbocycles. The summed E-state index contributed by atoms with van der Waals surface area (Å²) in [5, 5.41) is 3.33. The summed E-state index contributed by atoms with van der Waals surface area (Å²) in [6.07, 6.45) is 4.55. The zero-order chi connectivity index (χ0) is 14.0. The molecule has 1 aliphatic rings. The normalized spacial score (nSPS) is 23.4. The maximum absolute atomic E-state index is 12.5. The molecule has 0 aliphatic heterocycles. The van der Waals surface area contributed by atoms with E-state index in [1.807, 2.05) is 25.1 Å². The highest BCUT2D eigenvalue weighted by Crippen LogP contribution is 2.26. The Morgan fingerprint density at radius 1 is 1.32 bits per heavy atom. The molecule has 0 radical (unpaired) electrons. The SMILES string of the molecule is CNC1CCC(N(C)C(=O)c2cc(C)c(C)s2)CC1. The average Bonchev–Trinajstić information content (AvgIpc) is 2.77. The third-order valence-electron chi connectivity index (χ3n) is 4.35. The lowest BCUT2D eigenvalue weighted by molar-refractivity contribution is 0.0690. The van der Waals surface area contributed by atoms with Crippen LogP contribution < -0.4 is 5.32 Å². The van der Waals surface area contributed by atoms with Crippen molar-refractivity contribution in [1.29, 1.82) is 0 Å². The predicted molar refractivity (Wildman–Crippen MR) is 81.0 cm³/mol. The van der Waals surface area contributed by atoms with Gasteiger partial charge in [0.1, 0.15) is 0 Å². The zero-order valence-corrected chi connectivity index (χ0v) is 13.1. The second-order valence-electron chi connectivity index (χ2n) is 5.56. The Hall–Kier alpha value is -0.870. The van der Waals surface area contributed by atoms with Gasteiger partial charge in [0, 0.05) is 24.0 Å². The highest BCUT2D eigenvalue weighted by atomic mass is 32.1. The van der Waals surface area contributed by atoms with Crippen LogP contribution in [0.15, 0.2) is 6.07 Å². The fourth-order valence-electron chi connectivity index (χ4n) is 2.77. The van der Waals surface area contributed by atoms with Crippen molar-refractivity contribution in [3.8, 4) is 0 Å². The Bertz CT molecular complexity index is 427. The Labute approximate surface area is 120 Å². The third-order valence-corrected chi connectivity index (χ3v) is 5.49. The molecule has 1 aromatic rings. The molecule has 19 heavy (non-hydrogen) atoms. The number of hydrogen-bond donors (Lipinski definition) is 1. The molecule has 0 unspecified atom stereocenters. The van der Waals surface area contributed by atoms with E-state index in [9.17, 15) is 4.79 Å². The monoisotopic (exact) mass is 280 g/mol. The topological polar surface area (TPSA) is 32.3 Å². The molecule has 0 spiro atoms. The maximum Gasteiger partial charge on any atom is 0.263 e. The van der Waals surface area contributed by atoms with Gasteiger partial charge in [0.05, 0.1) is 4.88 Å².